The molecule has 21 heavy (non-hydrogen) atoms. The molecule has 1 amide bonds. The first-order valence-corrected chi connectivity index (χ1v) is 7.93. The Bertz CT molecular complexity index is 426. The van der Waals surface area contributed by atoms with E-state index in [-0.39, 0.29) is 11.3 Å². The third kappa shape index (κ3) is 4.46. The van der Waals surface area contributed by atoms with Crippen LogP contribution in [0.15, 0.2) is 30.3 Å². The molecule has 3 N–H and O–H groups in total. The number of amides is 1. The van der Waals surface area contributed by atoms with Crippen molar-refractivity contribution in [1.29, 1.82) is 0 Å². The summed E-state index contributed by atoms with van der Waals surface area (Å²) in [7, 11) is 0. The molecule has 4 heteroatoms. The highest BCUT2D eigenvalue weighted by Gasteiger charge is 2.36. The molecule has 0 bridgehead atoms. The molecule has 0 unspecified atom stereocenters. The van der Waals surface area contributed by atoms with Gasteiger partial charge in [-0.15, -0.1) is 0 Å². The minimum Gasteiger partial charge on any atom is -0.492 e. The number of benzene rings is 1. The topological polar surface area (TPSA) is 64.4 Å². The highest BCUT2D eigenvalue weighted by Crippen LogP contribution is 2.34. The fraction of sp³-hybridized carbons (Fsp3) is 0.588. The van der Waals surface area contributed by atoms with Crippen molar-refractivity contribution in [2.75, 3.05) is 19.7 Å². The standard InChI is InChI=1S/C17H26N2O2/c18-14-17(10-6-1-2-7-11-17)16(20)19-12-13-21-15-8-4-3-5-9-15/h3-5,8-9H,1-2,6-7,10-14,18H2,(H,19,20). The van der Waals surface area contributed by atoms with E-state index >= 15 is 0 Å². The van der Waals surface area contributed by atoms with Gasteiger partial charge in [0.15, 0.2) is 0 Å². The number of hydrogen-bond acceptors (Lipinski definition) is 3. The lowest BCUT2D eigenvalue weighted by atomic mass is 9.79. The molecule has 1 aromatic carbocycles. The molecule has 4 nitrogen and oxygen atoms in total. The van der Waals surface area contributed by atoms with Gasteiger partial charge in [0, 0.05) is 6.54 Å². The summed E-state index contributed by atoms with van der Waals surface area (Å²) in [6.45, 7) is 1.45. The summed E-state index contributed by atoms with van der Waals surface area (Å²) in [6.07, 6.45) is 6.46. The molecule has 0 heterocycles. The van der Waals surface area contributed by atoms with Gasteiger partial charge in [-0.2, -0.15) is 0 Å². The summed E-state index contributed by atoms with van der Waals surface area (Å²) in [5.41, 5.74) is 5.55. The van der Waals surface area contributed by atoms with Gasteiger partial charge in [-0.1, -0.05) is 43.9 Å². The van der Waals surface area contributed by atoms with Gasteiger partial charge >= 0.3 is 0 Å². The molecule has 0 spiro atoms. The van der Waals surface area contributed by atoms with Crippen molar-refractivity contribution < 1.29 is 9.53 Å². The predicted molar refractivity (Wildman–Crippen MR) is 84.1 cm³/mol. The highest BCUT2D eigenvalue weighted by molar-refractivity contribution is 5.82. The maximum absolute atomic E-state index is 12.5. The van der Waals surface area contributed by atoms with E-state index in [2.05, 4.69) is 5.32 Å². The largest absolute Gasteiger partial charge is 0.492 e. The molecule has 0 aliphatic heterocycles. The minimum absolute atomic E-state index is 0.101. The first kappa shape index (κ1) is 15.8. The smallest absolute Gasteiger partial charge is 0.227 e. The average Bonchev–Trinajstić information content (AvgIpc) is 2.79. The number of nitrogens with one attached hydrogen (secondary N) is 1. The molecule has 0 aromatic heterocycles. The van der Waals surface area contributed by atoms with Gasteiger partial charge < -0.3 is 15.8 Å². The molecule has 0 atom stereocenters. The minimum atomic E-state index is -0.358. The Morgan fingerprint density at radius 1 is 1.14 bits per heavy atom. The third-order valence-corrected chi connectivity index (χ3v) is 4.33. The van der Waals surface area contributed by atoms with Crippen molar-refractivity contribution in [2.45, 2.75) is 38.5 Å². The summed E-state index contributed by atoms with van der Waals surface area (Å²) in [6, 6.07) is 9.64. The van der Waals surface area contributed by atoms with Gasteiger partial charge in [0.1, 0.15) is 12.4 Å². The van der Waals surface area contributed by atoms with Crippen LogP contribution in [-0.4, -0.2) is 25.6 Å². The van der Waals surface area contributed by atoms with Crippen LogP contribution in [0.4, 0.5) is 0 Å². The second-order valence-electron chi connectivity index (χ2n) is 5.82. The Balaban J connectivity index is 1.77. The van der Waals surface area contributed by atoms with Gasteiger partial charge in [0.05, 0.1) is 12.0 Å². The number of hydrogen-bond donors (Lipinski definition) is 2. The first-order valence-electron chi connectivity index (χ1n) is 7.93. The molecule has 116 valence electrons. The number of para-hydroxylation sites is 1. The number of carbonyl (C=O) groups is 1. The molecule has 1 aromatic rings. The van der Waals surface area contributed by atoms with Gasteiger partial charge in [0.25, 0.3) is 0 Å². The molecule has 0 radical (unpaired) electrons. The van der Waals surface area contributed by atoms with Crippen LogP contribution >= 0.6 is 0 Å². The van der Waals surface area contributed by atoms with Crippen LogP contribution in [0.25, 0.3) is 0 Å². The maximum atomic E-state index is 12.5. The fourth-order valence-corrected chi connectivity index (χ4v) is 2.97. The Morgan fingerprint density at radius 3 is 2.43 bits per heavy atom. The van der Waals surface area contributed by atoms with Crippen molar-refractivity contribution in [3.05, 3.63) is 30.3 Å². The summed E-state index contributed by atoms with van der Waals surface area (Å²) in [4.78, 5) is 12.5. The van der Waals surface area contributed by atoms with Crippen LogP contribution in [0.1, 0.15) is 38.5 Å². The molecule has 2 rings (SSSR count). The van der Waals surface area contributed by atoms with Crippen LogP contribution in [0.3, 0.4) is 0 Å². The van der Waals surface area contributed by atoms with E-state index in [0.29, 0.717) is 19.7 Å². The Labute approximate surface area is 127 Å². The maximum Gasteiger partial charge on any atom is 0.227 e. The van der Waals surface area contributed by atoms with E-state index in [1.54, 1.807) is 0 Å². The van der Waals surface area contributed by atoms with E-state index in [9.17, 15) is 4.79 Å². The van der Waals surface area contributed by atoms with Crippen molar-refractivity contribution in [1.82, 2.24) is 5.32 Å². The second kappa shape index (κ2) is 8.03. The van der Waals surface area contributed by atoms with E-state index in [1.165, 1.54) is 12.8 Å². The molecule has 1 aliphatic carbocycles. The number of ether oxygens (including phenoxy) is 1. The summed E-state index contributed by atoms with van der Waals surface area (Å²) in [5, 5.41) is 3.00. The van der Waals surface area contributed by atoms with Crippen molar-refractivity contribution in [2.24, 2.45) is 11.1 Å². The zero-order valence-electron chi connectivity index (χ0n) is 12.6. The van der Waals surface area contributed by atoms with E-state index in [1.807, 2.05) is 30.3 Å². The highest BCUT2D eigenvalue weighted by atomic mass is 16.5. The van der Waals surface area contributed by atoms with E-state index < -0.39 is 0 Å². The van der Waals surface area contributed by atoms with Crippen LogP contribution in [0, 0.1) is 5.41 Å². The summed E-state index contributed by atoms with van der Waals surface area (Å²) >= 11 is 0. The zero-order chi connectivity index (χ0) is 15.0. The molecule has 0 saturated heterocycles. The first-order chi connectivity index (χ1) is 10.3. The molecular formula is C17H26N2O2. The van der Waals surface area contributed by atoms with Gasteiger partial charge in [0.2, 0.25) is 5.91 Å². The van der Waals surface area contributed by atoms with Gasteiger partial charge in [-0.25, -0.2) is 0 Å². The zero-order valence-corrected chi connectivity index (χ0v) is 12.6. The van der Waals surface area contributed by atoms with Crippen molar-refractivity contribution in [3.8, 4) is 5.75 Å². The lowest BCUT2D eigenvalue weighted by Crippen LogP contribution is -2.46. The number of rotatable bonds is 6. The Kier molecular flexibility index (Phi) is 6.05. The monoisotopic (exact) mass is 290 g/mol. The van der Waals surface area contributed by atoms with Gasteiger partial charge in [-0.05, 0) is 25.0 Å². The van der Waals surface area contributed by atoms with Crippen LogP contribution in [0.5, 0.6) is 5.75 Å². The number of carbonyl (C=O) groups excluding carboxylic acids is 1. The predicted octanol–water partition coefficient (Wildman–Crippen LogP) is 2.48. The summed E-state index contributed by atoms with van der Waals surface area (Å²) in [5.74, 6) is 0.929. The van der Waals surface area contributed by atoms with Gasteiger partial charge in [-0.3, -0.25) is 4.79 Å². The average molecular weight is 290 g/mol. The quantitative estimate of drug-likeness (QED) is 0.625. The van der Waals surface area contributed by atoms with Crippen LogP contribution in [-0.2, 0) is 4.79 Å². The third-order valence-electron chi connectivity index (χ3n) is 4.33. The normalized spacial score (nSPS) is 17.8. The molecule has 1 saturated carbocycles. The van der Waals surface area contributed by atoms with E-state index in [4.69, 9.17) is 10.5 Å². The Morgan fingerprint density at radius 2 is 1.81 bits per heavy atom. The number of nitrogens with two attached hydrogens (primary N) is 1. The fourth-order valence-electron chi connectivity index (χ4n) is 2.97. The SMILES string of the molecule is NCC1(C(=O)NCCOc2ccccc2)CCCCCC1. The second-order valence-corrected chi connectivity index (χ2v) is 5.82. The molecule has 1 fully saturated rings. The van der Waals surface area contributed by atoms with Crippen molar-refractivity contribution in [3.63, 3.8) is 0 Å². The molecular weight excluding hydrogens is 264 g/mol. The Hall–Kier alpha value is -1.55. The molecule has 1 aliphatic rings. The van der Waals surface area contributed by atoms with Crippen LogP contribution < -0.4 is 15.8 Å². The van der Waals surface area contributed by atoms with Crippen molar-refractivity contribution >= 4 is 5.91 Å². The van der Waals surface area contributed by atoms with E-state index in [0.717, 1.165) is 31.4 Å². The lowest BCUT2D eigenvalue weighted by Gasteiger charge is -2.29. The van der Waals surface area contributed by atoms with Crippen LogP contribution in [0.2, 0.25) is 0 Å². The lowest BCUT2D eigenvalue weighted by molar-refractivity contribution is -0.131. The summed E-state index contributed by atoms with van der Waals surface area (Å²) < 4.78 is 5.59.